The molecule has 1 rings (SSSR count). The summed E-state index contributed by atoms with van der Waals surface area (Å²) in [7, 11) is -3.58. The van der Waals surface area contributed by atoms with Gasteiger partial charge in [-0.05, 0) is 37.8 Å². The molecule has 0 amide bonds. The normalized spacial score (nSPS) is 13.8. The molecule has 1 aromatic rings. The summed E-state index contributed by atoms with van der Waals surface area (Å²) in [6, 6.07) is 2.90. The molecule has 5 nitrogen and oxygen atoms in total. The maximum atomic E-state index is 12.1. The van der Waals surface area contributed by atoms with Crippen LogP contribution in [0.3, 0.4) is 0 Å². The number of sulfonamides is 1. The zero-order valence-electron chi connectivity index (χ0n) is 11.1. The minimum atomic E-state index is -3.58. The monoisotopic (exact) mass is 271 g/mol. The van der Waals surface area contributed by atoms with Gasteiger partial charge in [-0.15, -0.1) is 0 Å². The lowest BCUT2D eigenvalue weighted by molar-refractivity contribution is 0.485. The molecular formula is C12H21N3O2S. The third-order valence-electron chi connectivity index (χ3n) is 2.62. The third-order valence-corrected chi connectivity index (χ3v) is 4.26. The summed E-state index contributed by atoms with van der Waals surface area (Å²) in [6.07, 6.45) is 3.25. The molecule has 1 aromatic heterocycles. The van der Waals surface area contributed by atoms with E-state index >= 15 is 0 Å². The summed E-state index contributed by atoms with van der Waals surface area (Å²) in [5, 5.41) is 0. The highest BCUT2D eigenvalue weighted by atomic mass is 32.2. The molecule has 1 heterocycles. The van der Waals surface area contributed by atoms with Crippen LogP contribution < -0.4 is 10.5 Å². The molecule has 3 N–H and O–H groups in total. The van der Waals surface area contributed by atoms with Crippen molar-refractivity contribution in [1.82, 2.24) is 9.71 Å². The fraction of sp³-hybridized carbons (Fsp3) is 0.583. The highest BCUT2D eigenvalue weighted by Crippen LogP contribution is 2.16. The van der Waals surface area contributed by atoms with Gasteiger partial charge in [-0.3, -0.25) is 0 Å². The van der Waals surface area contributed by atoms with Crippen LogP contribution in [0.25, 0.3) is 0 Å². The van der Waals surface area contributed by atoms with Crippen molar-refractivity contribution in [3.05, 3.63) is 18.3 Å². The molecule has 0 fully saturated rings. The second kappa shape index (κ2) is 6.15. The van der Waals surface area contributed by atoms with E-state index in [1.165, 1.54) is 12.3 Å². The van der Waals surface area contributed by atoms with Gasteiger partial charge < -0.3 is 5.73 Å². The van der Waals surface area contributed by atoms with Gasteiger partial charge in [0, 0.05) is 12.2 Å². The Labute approximate surface area is 109 Å². The van der Waals surface area contributed by atoms with Crippen LogP contribution in [0.4, 0.5) is 5.82 Å². The molecule has 1 unspecified atom stereocenters. The number of aromatic nitrogens is 1. The number of rotatable bonds is 6. The Bertz CT molecular complexity index is 486. The molecular weight excluding hydrogens is 250 g/mol. The van der Waals surface area contributed by atoms with Crippen molar-refractivity contribution in [3.63, 3.8) is 0 Å². The summed E-state index contributed by atoms with van der Waals surface area (Å²) in [5.41, 5.74) is 5.57. The largest absolute Gasteiger partial charge is 0.383 e. The number of nitrogen functional groups attached to an aromatic ring is 1. The average molecular weight is 271 g/mol. The number of hydrogen-bond acceptors (Lipinski definition) is 4. The van der Waals surface area contributed by atoms with E-state index in [0.29, 0.717) is 5.92 Å². The van der Waals surface area contributed by atoms with Gasteiger partial charge >= 0.3 is 0 Å². The first-order valence-corrected chi connectivity index (χ1v) is 7.54. The van der Waals surface area contributed by atoms with Crippen molar-refractivity contribution < 1.29 is 8.42 Å². The summed E-state index contributed by atoms with van der Waals surface area (Å²) in [6.45, 7) is 6.08. The summed E-state index contributed by atoms with van der Waals surface area (Å²) >= 11 is 0. The third kappa shape index (κ3) is 4.27. The van der Waals surface area contributed by atoms with Gasteiger partial charge in [-0.1, -0.05) is 13.8 Å². The van der Waals surface area contributed by atoms with Crippen LogP contribution in [-0.2, 0) is 10.0 Å². The molecule has 0 spiro atoms. The number of anilines is 1. The van der Waals surface area contributed by atoms with E-state index in [1.54, 1.807) is 6.07 Å². The molecule has 0 saturated carbocycles. The van der Waals surface area contributed by atoms with E-state index in [0.717, 1.165) is 12.8 Å². The Kier molecular flexibility index (Phi) is 5.10. The molecule has 0 radical (unpaired) electrons. The standard InChI is InChI=1S/C12H21N3O2S/c1-9(2)6-7-10(3)15-18(16,17)11-5-4-8-14-12(11)13/h4-5,8-10,15H,6-7H2,1-3H3,(H2,13,14). The minimum absolute atomic E-state index is 0.0288. The van der Waals surface area contributed by atoms with Gasteiger partial charge in [0.1, 0.15) is 10.7 Å². The molecule has 0 aromatic carbocycles. The highest BCUT2D eigenvalue weighted by Gasteiger charge is 2.20. The Morgan fingerprint density at radius 2 is 2.00 bits per heavy atom. The van der Waals surface area contributed by atoms with Crippen LogP contribution in [0.2, 0.25) is 0 Å². The van der Waals surface area contributed by atoms with E-state index in [1.807, 2.05) is 6.92 Å². The highest BCUT2D eigenvalue weighted by molar-refractivity contribution is 7.89. The van der Waals surface area contributed by atoms with Gasteiger partial charge in [0.2, 0.25) is 10.0 Å². The topological polar surface area (TPSA) is 85.1 Å². The molecule has 18 heavy (non-hydrogen) atoms. The Morgan fingerprint density at radius 3 is 2.56 bits per heavy atom. The van der Waals surface area contributed by atoms with Crippen molar-refractivity contribution in [2.24, 2.45) is 5.92 Å². The molecule has 0 bridgehead atoms. The molecule has 102 valence electrons. The molecule has 6 heteroatoms. The van der Waals surface area contributed by atoms with Crippen LogP contribution in [0.5, 0.6) is 0 Å². The summed E-state index contributed by atoms with van der Waals surface area (Å²) in [5.74, 6) is 0.585. The van der Waals surface area contributed by atoms with Crippen molar-refractivity contribution in [2.75, 3.05) is 5.73 Å². The number of nitrogens with two attached hydrogens (primary N) is 1. The molecule has 0 aliphatic rings. The van der Waals surface area contributed by atoms with Gasteiger partial charge in [-0.2, -0.15) is 0 Å². The molecule has 0 saturated heterocycles. The quantitative estimate of drug-likeness (QED) is 0.825. The zero-order valence-corrected chi connectivity index (χ0v) is 11.9. The predicted molar refractivity (Wildman–Crippen MR) is 72.5 cm³/mol. The summed E-state index contributed by atoms with van der Waals surface area (Å²) < 4.78 is 26.8. The van der Waals surface area contributed by atoms with E-state index in [2.05, 4.69) is 23.6 Å². The first-order valence-electron chi connectivity index (χ1n) is 6.05. The van der Waals surface area contributed by atoms with Gasteiger partial charge in [-0.25, -0.2) is 18.1 Å². The number of nitrogens with one attached hydrogen (secondary N) is 1. The number of hydrogen-bond donors (Lipinski definition) is 2. The zero-order chi connectivity index (χ0) is 13.8. The summed E-state index contributed by atoms with van der Waals surface area (Å²) in [4.78, 5) is 3.83. The smallest absolute Gasteiger partial charge is 0.244 e. The van der Waals surface area contributed by atoms with E-state index in [9.17, 15) is 8.42 Å². The van der Waals surface area contributed by atoms with Crippen molar-refractivity contribution >= 4 is 15.8 Å². The Balaban J connectivity index is 2.74. The predicted octanol–water partition coefficient (Wildman–Crippen LogP) is 1.77. The van der Waals surface area contributed by atoms with Crippen LogP contribution in [0.15, 0.2) is 23.2 Å². The maximum Gasteiger partial charge on any atom is 0.244 e. The first kappa shape index (κ1) is 14.9. The fourth-order valence-corrected chi connectivity index (χ4v) is 2.96. The minimum Gasteiger partial charge on any atom is -0.383 e. The fourth-order valence-electron chi connectivity index (χ4n) is 1.60. The molecule has 0 aliphatic heterocycles. The van der Waals surface area contributed by atoms with Crippen molar-refractivity contribution in [1.29, 1.82) is 0 Å². The second-order valence-corrected chi connectivity index (χ2v) is 6.56. The number of nitrogens with zero attached hydrogens (tertiary/aromatic N) is 1. The first-order chi connectivity index (χ1) is 8.33. The van der Waals surface area contributed by atoms with Crippen LogP contribution in [-0.4, -0.2) is 19.4 Å². The van der Waals surface area contributed by atoms with E-state index in [-0.39, 0.29) is 16.8 Å². The lowest BCUT2D eigenvalue weighted by atomic mass is 10.1. The van der Waals surface area contributed by atoms with Gasteiger partial charge in [0.05, 0.1) is 0 Å². The SMILES string of the molecule is CC(C)CCC(C)NS(=O)(=O)c1cccnc1N. The molecule has 1 atom stereocenters. The second-order valence-electron chi connectivity index (χ2n) is 4.88. The van der Waals surface area contributed by atoms with Gasteiger partial charge in [0.25, 0.3) is 0 Å². The van der Waals surface area contributed by atoms with E-state index in [4.69, 9.17) is 5.73 Å². The van der Waals surface area contributed by atoms with Crippen molar-refractivity contribution in [3.8, 4) is 0 Å². The Morgan fingerprint density at radius 1 is 1.33 bits per heavy atom. The average Bonchev–Trinajstić information content (AvgIpc) is 2.26. The number of pyridine rings is 1. The van der Waals surface area contributed by atoms with Crippen LogP contribution in [0.1, 0.15) is 33.6 Å². The lowest BCUT2D eigenvalue weighted by Crippen LogP contribution is -2.33. The molecule has 0 aliphatic carbocycles. The van der Waals surface area contributed by atoms with Crippen LogP contribution in [0, 0.1) is 5.92 Å². The van der Waals surface area contributed by atoms with Gasteiger partial charge in [0.15, 0.2) is 0 Å². The van der Waals surface area contributed by atoms with Crippen LogP contribution >= 0.6 is 0 Å². The van der Waals surface area contributed by atoms with Crippen molar-refractivity contribution in [2.45, 2.75) is 44.6 Å². The van der Waals surface area contributed by atoms with E-state index < -0.39 is 10.0 Å². The lowest BCUT2D eigenvalue weighted by Gasteiger charge is -2.15. The maximum absolute atomic E-state index is 12.1. The Hall–Kier alpha value is -1.14.